The van der Waals surface area contributed by atoms with E-state index in [1.807, 2.05) is 19.1 Å². The number of hydrogen-bond donors (Lipinski definition) is 1. The van der Waals surface area contributed by atoms with Crippen LogP contribution in [0.4, 0.5) is 4.39 Å². The van der Waals surface area contributed by atoms with Crippen LogP contribution < -0.4 is 10.1 Å². The Labute approximate surface area is 108 Å². The van der Waals surface area contributed by atoms with Crippen molar-refractivity contribution in [3.8, 4) is 5.75 Å². The molecule has 1 fully saturated rings. The van der Waals surface area contributed by atoms with Gasteiger partial charge in [0.2, 0.25) is 0 Å². The van der Waals surface area contributed by atoms with E-state index in [1.165, 1.54) is 11.6 Å². The molecule has 0 radical (unpaired) electrons. The maximum Gasteiger partial charge on any atom is 0.165 e. The van der Waals surface area contributed by atoms with E-state index < -0.39 is 0 Å². The summed E-state index contributed by atoms with van der Waals surface area (Å²) in [7, 11) is 0. The summed E-state index contributed by atoms with van der Waals surface area (Å²) in [6, 6.07) is 5.25. The average Bonchev–Trinajstić information content (AvgIpc) is 2.33. The molecule has 1 aromatic rings. The predicted molar refractivity (Wildman–Crippen MR) is 69.7 cm³/mol. The maximum absolute atomic E-state index is 13.4. The maximum atomic E-state index is 13.4. The molecule has 0 atom stereocenters. The van der Waals surface area contributed by atoms with E-state index >= 15 is 0 Å². The number of piperidine rings is 1. The van der Waals surface area contributed by atoms with Gasteiger partial charge in [0.1, 0.15) is 0 Å². The summed E-state index contributed by atoms with van der Waals surface area (Å²) in [5.41, 5.74) is 1.20. The van der Waals surface area contributed by atoms with E-state index in [1.54, 1.807) is 0 Å². The highest BCUT2D eigenvalue weighted by Crippen LogP contribution is 2.29. The first-order valence-electron chi connectivity index (χ1n) is 5.94. The number of ether oxygens (including phenoxy) is 1. The van der Waals surface area contributed by atoms with Crippen molar-refractivity contribution in [1.82, 2.24) is 5.32 Å². The second kappa shape index (κ2) is 6.82. The Morgan fingerprint density at radius 1 is 1.35 bits per heavy atom. The monoisotopic (exact) mass is 259 g/mol. The summed E-state index contributed by atoms with van der Waals surface area (Å²) < 4.78 is 18.7. The molecule has 1 saturated heterocycles. The topological polar surface area (TPSA) is 21.3 Å². The van der Waals surface area contributed by atoms with Crippen LogP contribution in [0.15, 0.2) is 18.2 Å². The Balaban J connectivity index is 0.00000144. The molecule has 1 heterocycles. The van der Waals surface area contributed by atoms with Crippen LogP contribution >= 0.6 is 12.4 Å². The second-order valence-electron chi connectivity index (χ2n) is 4.15. The predicted octanol–water partition coefficient (Wildman–Crippen LogP) is 3.11. The summed E-state index contributed by atoms with van der Waals surface area (Å²) in [6.07, 6.45) is 2.24. The van der Waals surface area contributed by atoms with Crippen LogP contribution in [0.2, 0.25) is 0 Å². The van der Waals surface area contributed by atoms with Crippen LogP contribution in [-0.4, -0.2) is 19.7 Å². The molecule has 0 aliphatic carbocycles. The van der Waals surface area contributed by atoms with E-state index in [-0.39, 0.29) is 18.2 Å². The van der Waals surface area contributed by atoms with Gasteiger partial charge in [-0.2, -0.15) is 0 Å². The Kier molecular flexibility index (Phi) is 5.72. The van der Waals surface area contributed by atoms with Gasteiger partial charge in [-0.1, -0.05) is 6.07 Å². The lowest BCUT2D eigenvalue weighted by Gasteiger charge is -2.23. The van der Waals surface area contributed by atoms with Gasteiger partial charge in [-0.3, -0.25) is 0 Å². The smallest absolute Gasteiger partial charge is 0.165 e. The highest BCUT2D eigenvalue weighted by atomic mass is 35.5. The molecule has 1 N–H and O–H groups in total. The summed E-state index contributed by atoms with van der Waals surface area (Å²) in [5, 5.41) is 3.33. The van der Waals surface area contributed by atoms with E-state index in [2.05, 4.69) is 5.32 Å². The lowest BCUT2D eigenvalue weighted by atomic mass is 9.90. The van der Waals surface area contributed by atoms with Crippen LogP contribution in [0.25, 0.3) is 0 Å². The Hall–Kier alpha value is -0.800. The quantitative estimate of drug-likeness (QED) is 0.901. The molecule has 4 heteroatoms. The van der Waals surface area contributed by atoms with Crippen molar-refractivity contribution in [3.05, 3.63) is 29.6 Å². The zero-order chi connectivity index (χ0) is 11.4. The van der Waals surface area contributed by atoms with Gasteiger partial charge in [-0.25, -0.2) is 4.39 Å². The molecule has 1 aliphatic rings. The molecule has 0 unspecified atom stereocenters. The molecule has 2 nitrogen and oxygen atoms in total. The normalized spacial score (nSPS) is 16.4. The van der Waals surface area contributed by atoms with E-state index in [0.717, 1.165) is 25.9 Å². The lowest BCUT2D eigenvalue weighted by molar-refractivity contribution is 0.320. The number of benzene rings is 1. The number of hydrogen-bond acceptors (Lipinski definition) is 2. The third-order valence-electron chi connectivity index (χ3n) is 3.07. The van der Waals surface area contributed by atoms with Crippen molar-refractivity contribution in [3.63, 3.8) is 0 Å². The molecular weight excluding hydrogens is 241 g/mol. The van der Waals surface area contributed by atoms with Gasteiger partial charge < -0.3 is 10.1 Å². The molecule has 0 spiro atoms. The lowest BCUT2D eigenvalue weighted by Crippen LogP contribution is -2.26. The Morgan fingerprint density at radius 3 is 2.71 bits per heavy atom. The van der Waals surface area contributed by atoms with Gasteiger partial charge in [0.15, 0.2) is 11.6 Å². The SMILES string of the molecule is CCOc1cc(C2CCNCC2)ccc1F.Cl. The Morgan fingerprint density at radius 2 is 2.06 bits per heavy atom. The summed E-state index contributed by atoms with van der Waals surface area (Å²) in [5.74, 6) is 0.666. The minimum atomic E-state index is -0.264. The van der Waals surface area contributed by atoms with Crippen molar-refractivity contribution in [1.29, 1.82) is 0 Å². The first kappa shape index (κ1) is 14.3. The molecule has 17 heavy (non-hydrogen) atoms. The van der Waals surface area contributed by atoms with Gasteiger partial charge in [0.25, 0.3) is 0 Å². The third kappa shape index (κ3) is 3.58. The molecule has 0 saturated carbocycles. The van der Waals surface area contributed by atoms with Gasteiger partial charge in [0, 0.05) is 0 Å². The summed E-state index contributed by atoms with van der Waals surface area (Å²) in [4.78, 5) is 0. The fraction of sp³-hybridized carbons (Fsp3) is 0.538. The number of rotatable bonds is 3. The van der Waals surface area contributed by atoms with Gasteiger partial charge in [-0.05, 0) is 56.5 Å². The number of nitrogens with one attached hydrogen (secondary N) is 1. The van der Waals surface area contributed by atoms with E-state index in [0.29, 0.717) is 18.3 Å². The minimum Gasteiger partial charge on any atom is -0.491 e. The average molecular weight is 260 g/mol. The largest absolute Gasteiger partial charge is 0.491 e. The van der Waals surface area contributed by atoms with Crippen LogP contribution in [0.1, 0.15) is 31.2 Å². The molecule has 1 aliphatic heterocycles. The molecule has 0 aromatic heterocycles. The van der Waals surface area contributed by atoms with Crippen molar-refractivity contribution in [2.45, 2.75) is 25.7 Å². The first-order chi connectivity index (χ1) is 7.81. The van der Waals surface area contributed by atoms with E-state index in [4.69, 9.17) is 4.74 Å². The van der Waals surface area contributed by atoms with E-state index in [9.17, 15) is 4.39 Å². The molecule has 2 rings (SSSR count). The highest BCUT2D eigenvalue weighted by molar-refractivity contribution is 5.85. The van der Waals surface area contributed by atoms with Crippen LogP contribution in [0.3, 0.4) is 0 Å². The van der Waals surface area contributed by atoms with Crippen LogP contribution in [0.5, 0.6) is 5.75 Å². The molecule has 96 valence electrons. The molecule has 1 aromatic carbocycles. The standard InChI is InChI=1S/C13H18FNO.ClH/c1-2-16-13-9-11(3-4-12(13)14)10-5-7-15-8-6-10;/h3-4,9-10,15H,2,5-8H2,1H3;1H. The molecular formula is C13H19ClFNO. The van der Waals surface area contributed by atoms with Crippen molar-refractivity contribution < 1.29 is 9.13 Å². The van der Waals surface area contributed by atoms with Crippen molar-refractivity contribution in [2.24, 2.45) is 0 Å². The van der Waals surface area contributed by atoms with Gasteiger partial charge in [-0.15, -0.1) is 12.4 Å². The molecule has 0 bridgehead atoms. The third-order valence-corrected chi connectivity index (χ3v) is 3.07. The fourth-order valence-electron chi connectivity index (χ4n) is 2.20. The van der Waals surface area contributed by atoms with Gasteiger partial charge in [0.05, 0.1) is 6.61 Å². The highest BCUT2D eigenvalue weighted by Gasteiger charge is 2.16. The Bertz CT molecular complexity index is 353. The van der Waals surface area contributed by atoms with Crippen LogP contribution in [-0.2, 0) is 0 Å². The summed E-state index contributed by atoms with van der Waals surface area (Å²) in [6.45, 7) is 4.47. The second-order valence-corrected chi connectivity index (χ2v) is 4.15. The van der Waals surface area contributed by atoms with Crippen molar-refractivity contribution >= 4 is 12.4 Å². The summed E-state index contributed by atoms with van der Waals surface area (Å²) >= 11 is 0. The van der Waals surface area contributed by atoms with Gasteiger partial charge >= 0.3 is 0 Å². The fourth-order valence-corrected chi connectivity index (χ4v) is 2.20. The zero-order valence-electron chi connectivity index (χ0n) is 10.0. The minimum absolute atomic E-state index is 0. The zero-order valence-corrected chi connectivity index (χ0v) is 10.9. The van der Waals surface area contributed by atoms with Crippen LogP contribution in [0, 0.1) is 5.82 Å². The molecule has 0 amide bonds. The first-order valence-corrected chi connectivity index (χ1v) is 5.94. The number of halogens is 2. The van der Waals surface area contributed by atoms with Crippen molar-refractivity contribution in [2.75, 3.05) is 19.7 Å².